The Morgan fingerprint density at radius 1 is 1.32 bits per heavy atom. The maximum Gasteiger partial charge on any atom is 0.274 e. The molecule has 4 nitrogen and oxygen atoms in total. The maximum atomic E-state index is 12.3. The third kappa shape index (κ3) is 2.78. The molecular formula is C15H18N2O2. The van der Waals surface area contributed by atoms with Crippen LogP contribution in [0.25, 0.3) is 5.69 Å². The molecule has 0 radical (unpaired) electrons. The number of nitrogens with zero attached hydrogens (tertiary/aromatic N) is 1. The van der Waals surface area contributed by atoms with Crippen molar-refractivity contribution in [2.24, 2.45) is 0 Å². The van der Waals surface area contributed by atoms with Crippen molar-refractivity contribution < 1.29 is 4.74 Å². The molecule has 19 heavy (non-hydrogen) atoms. The van der Waals surface area contributed by atoms with Gasteiger partial charge in [-0.1, -0.05) is 24.3 Å². The normalized spacial score (nSPS) is 10.4. The monoisotopic (exact) mass is 258 g/mol. The summed E-state index contributed by atoms with van der Waals surface area (Å²) >= 11 is 0. The van der Waals surface area contributed by atoms with E-state index < -0.39 is 0 Å². The minimum atomic E-state index is -0.0194. The first kappa shape index (κ1) is 13.2. The molecule has 4 heteroatoms. The summed E-state index contributed by atoms with van der Waals surface area (Å²) in [4.78, 5) is 12.3. The maximum absolute atomic E-state index is 12.3. The second kappa shape index (κ2) is 5.61. The van der Waals surface area contributed by atoms with Gasteiger partial charge < -0.3 is 4.74 Å². The van der Waals surface area contributed by atoms with Gasteiger partial charge in [0, 0.05) is 17.7 Å². The van der Waals surface area contributed by atoms with Crippen LogP contribution in [0, 0.1) is 13.8 Å². The number of aryl methyl sites for hydroxylation is 2. The molecule has 2 rings (SSSR count). The van der Waals surface area contributed by atoms with Crippen molar-refractivity contribution in [1.29, 1.82) is 0 Å². The number of benzene rings is 1. The summed E-state index contributed by atoms with van der Waals surface area (Å²) in [7, 11) is 0. The highest BCUT2D eigenvalue weighted by atomic mass is 16.5. The van der Waals surface area contributed by atoms with E-state index in [9.17, 15) is 4.79 Å². The first-order chi connectivity index (χ1) is 9.13. The molecule has 0 bridgehead atoms. The highest BCUT2D eigenvalue weighted by Crippen LogP contribution is 2.09. The number of hydrogen-bond acceptors (Lipinski definition) is 2. The molecular weight excluding hydrogens is 240 g/mol. The van der Waals surface area contributed by atoms with E-state index in [0.717, 1.165) is 16.9 Å². The first-order valence-electron chi connectivity index (χ1n) is 6.23. The molecule has 0 unspecified atom stereocenters. The van der Waals surface area contributed by atoms with Crippen molar-refractivity contribution in [2.75, 3.05) is 6.61 Å². The van der Waals surface area contributed by atoms with E-state index in [1.54, 1.807) is 4.68 Å². The molecule has 1 aromatic heterocycles. The average molecular weight is 258 g/mol. The van der Waals surface area contributed by atoms with Gasteiger partial charge in [0.2, 0.25) is 0 Å². The highest BCUT2D eigenvalue weighted by Gasteiger charge is 2.11. The Morgan fingerprint density at radius 3 is 2.63 bits per heavy atom. The molecule has 0 atom stereocenters. The lowest BCUT2D eigenvalue weighted by Gasteiger charge is -2.01. The van der Waals surface area contributed by atoms with E-state index in [2.05, 4.69) is 11.7 Å². The third-order valence-corrected chi connectivity index (χ3v) is 3.07. The Balaban J connectivity index is 2.33. The molecule has 0 amide bonds. The van der Waals surface area contributed by atoms with Gasteiger partial charge in [0.15, 0.2) is 0 Å². The molecule has 1 aromatic carbocycles. The molecule has 0 aliphatic carbocycles. The number of H-pyrrole nitrogens is 1. The second-order valence-electron chi connectivity index (χ2n) is 4.48. The van der Waals surface area contributed by atoms with Crippen LogP contribution in [-0.4, -0.2) is 16.4 Å². The van der Waals surface area contributed by atoms with E-state index in [1.807, 2.05) is 38.1 Å². The van der Waals surface area contributed by atoms with Crippen molar-refractivity contribution in [3.63, 3.8) is 0 Å². The van der Waals surface area contributed by atoms with Crippen molar-refractivity contribution in [3.05, 3.63) is 64.3 Å². The Kier molecular flexibility index (Phi) is 3.90. The fourth-order valence-electron chi connectivity index (χ4n) is 2.00. The highest BCUT2D eigenvalue weighted by molar-refractivity contribution is 5.35. The second-order valence-corrected chi connectivity index (χ2v) is 4.48. The number of nitrogens with one attached hydrogen (secondary N) is 1. The van der Waals surface area contributed by atoms with Gasteiger partial charge in [0.1, 0.15) is 0 Å². The van der Waals surface area contributed by atoms with Gasteiger partial charge in [0.05, 0.1) is 18.6 Å². The van der Waals surface area contributed by atoms with Gasteiger partial charge in [-0.25, -0.2) is 4.68 Å². The third-order valence-electron chi connectivity index (χ3n) is 3.07. The fourth-order valence-corrected chi connectivity index (χ4v) is 2.00. The number of ether oxygens (including phenoxy) is 1. The van der Waals surface area contributed by atoms with E-state index >= 15 is 0 Å². The molecule has 0 spiro atoms. The SMILES string of the molecule is C=COCCc1c(C)[nH]n(-c2ccc(C)cc2)c1=O. The van der Waals surface area contributed by atoms with E-state index in [1.165, 1.54) is 11.8 Å². The van der Waals surface area contributed by atoms with Crippen LogP contribution in [0.4, 0.5) is 0 Å². The molecule has 0 saturated heterocycles. The summed E-state index contributed by atoms with van der Waals surface area (Å²) in [5, 5.41) is 3.10. The van der Waals surface area contributed by atoms with Crippen molar-refractivity contribution in [1.82, 2.24) is 9.78 Å². The van der Waals surface area contributed by atoms with Gasteiger partial charge in [-0.2, -0.15) is 0 Å². The van der Waals surface area contributed by atoms with E-state index in [-0.39, 0.29) is 5.56 Å². The van der Waals surface area contributed by atoms with Crippen LogP contribution < -0.4 is 5.56 Å². The van der Waals surface area contributed by atoms with Gasteiger partial charge in [-0.3, -0.25) is 9.89 Å². The predicted octanol–water partition coefficient (Wildman–Crippen LogP) is 2.49. The molecule has 2 aromatic rings. The summed E-state index contributed by atoms with van der Waals surface area (Å²) < 4.78 is 6.65. The summed E-state index contributed by atoms with van der Waals surface area (Å²) in [6, 6.07) is 7.82. The van der Waals surface area contributed by atoms with Crippen LogP contribution in [-0.2, 0) is 11.2 Å². The summed E-state index contributed by atoms with van der Waals surface area (Å²) in [5.74, 6) is 0. The van der Waals surface area contributed by atoms with Crippen LogP contribution in [0.3, 0.4) is 0 Å². The van der Waals surface area contributed by atoms with Crippen LogP contribution >= 0.6 is 0 Å². The largest absolute Gasteiger partial charge is 0.501 e. The van der Waals surface area contributed by atoms with Crippen molar-refractivity contribution in [2.45, 2.75) is 20.3 Å². The van der Waals surface area contributed by atoms with Crippen LogP contribution in [0.15, 0.2) is 41.9 Å². The smallest absolute Gasteiger partial charge is 0.274 e. The van der Waals surface area contributed by atoms with E-state index in [0.29, 0.717) is 13.0 Å². The number of aromatic amines is 1. The minimum Gasteiger partial charge on any atom is -0.501 e. The molecule has 100 valence electrons. The number of aromatic nitrogens is 2. The quantitative estimate of drug-likeness (QED) is 0.661. The Labute approximate surface area is 112 Å². The van der Waals surface area contributed by atoms with Crippen molar-refractivity contribution in [3.8, 4) is 5.69 Å². The zero-order chi connectivity index (χ0) is 13.8. The fraction of sp³-hybridized carbons (Fsp3) is 0.267. The molecule has 0 aliphatic rings. The molecule has 0 saturated carbocycles. The first-order valence-corrected chi connectivity index (χ1v) is 6.23. The summed E-state index contributed by atoms with van der Waals surface area (Å²) in [6.07, 6.45) is 1.96. The molecule has 0 aliphatic heterocycles. The van der Waals surface area contributed by atoms with Crippen LogP contribution in [0.2, 0.25) is 0 Å². The van der Waals surface area contributed by atoms with Gasteiger partial charge >= 0.3 is 0 Å². The van der Waals surface area contributed by atoms with Gasteiger partial charge in [-0.15, -0.1) is 0 Å². The molecule has 1 N–H and O–H groups in total. The molecule has 1 heterocycles. The zero-order valence-corrected chi connectivity index (χ0v) is 11.3. The lowest BCUT2D eigenvalue weighted by atomic mass is 10.2. The average Bonchev–Trinajstić information content (AvgIpc) is 2.68. The summed E-state index contributed by atoms with van der Waals surface area (Å²) in [6.45, 7) is 7.86. The Morgan fingerprint density at radius 2 is 2.00 bits per heavy atom. The van der Waals surface area contributed by atoms with Gasteiger partial charge in [0.25, 0.3) is 5.56 Å². The predicted molar refractivity (Wildman–Crippen MR) is 75.7 cm³/mol. The standard InChI is InChI=1S/C15H18N2O2/c1-4-19-10-9-14-12(3)16-17(15(14)18)13-7-5-11(2)6-8-13/h4-8,16H,1,9-10H2,2-3H3. The lowest BCUT2D eigenvalue weighted by Crippen LogP contribution is -2.18. The van der Waals surface area contributed by atoms with Gasteiger partial charge in [-0.05, 0) is 26.0 Å². The topological polar surface area (TPSA) is 47.0 Å². The zero-order valence-electron chi connectivity index (χ0n) is 11.3. The number of hydrogen-bond donors (Lipinski definition) is 1. The Hall–Kier alpha value is -2.23. The van der Waals surface area contributed by atoms with Crippen LogP contribution in [0.5, 0.6) is 0 Å². The Bertz CT molecular complexity index is 621. The summed E-state index contributed by atoms with van der Waals surface area (Å²) in [5.41, 5.74) is 3.61. The van der Waals surface area contributed by atoms with Crippen LogP contribution in [0.1, 0.15) is 16.8 Å². The van der Waals surface area contributed by atoms with Crippen molar-refractivity contribution >= 4 is 0 Å². The molecule has 0 fully saturated rings. The lowest BCUT2D eigenvalue weighted by molar-refractivity contribution is 0.254. The number of rotatable bonds is 5. The minimum absolute atomic E-state index is 0.0194. The van der Waals surface area contributed by atoms with E-state index in [4.69, 9.17) is 4.74 Å².